The first-order valence-corrected chi connectivity index (χ1v) is 14.4. The second-order valence-electron chi connectivity index (χ2n) is 7.25. The lowest BCUT2D eigenvalue weighted by atomic mass is 10.1. The van der Waals surface area contributed by atoms with Gasteiger partial charge in [-0.05, 0) is 41.0 Å². The van der Waals surface area contributed by atoms with Crippen LogP contribution in [0.25, 0.3) is 11.4 Å². The molecule has 0 amide bonds. The highest BCUT2D eigenvalue weighted by atomic mass is 33.1. The van der Waals surface area contributed by atoms with E-state index in [4.69, 9.17) is 20.9 Å². The number of nitrogens with zero attached hydrogens (tertiary/aromatic N) is 3. The smallest absolute Gasteiger partial charge is 0.347 e. The molecule has 0 aromatic heterocycles. The second kappa shape index (κ2) is 15.9. The second-order valence-corrected chi connectivity index (χ2v) is 10.4. The van der Waals surface area contributed by atoms with E-state index in [2.05, 4.69) is 0 Å². The van der Waals surface area contributed by atoms with Gasteiger partial charge in [-0.3, -0.25) is 10.1 Å². The number of non-ortho nitro benzene ring substituents is 1. The number of hydrogen-bond donors (Lipinski definition) is 2. The summed E-state index contributed by atoms with van der Waals surface area (Å²) in [5, 5.41) is 30.9. The van der Waals surface area contributed by atoms with Crippen molar-refractivity contribution in [2.45, 2.75) is 13.8 Å². The van der Waals surface area contributed by atoms with Gasteiger partial charge < -0.3 is 20.9 Å². The van der Waals surface area contributed by atoms with Crippen LogP contribution >= 0.6 is 33.3 Å². The topological polar surface area (TPSA) is 195 Å². The van der Waals surface area contributed by atoms with Crippen LogP contribution in [0.2, 0.25) is 0 Å². The summed E-state index contributed by atoms with van der Waals surface area (Å²) in [6.45, 7) is 3.27. The molecule has 2 aromatic carbocycles. The number of benzene rings is 2. The molecule has 2 aromatic rings. The lowest BCUT2D eigenvalue weighted by molar-refractivity contribution is -0.384. The van der Waals surface area contributed by atoms with E-state index in [1.807, 2.05) is 12.1 Å². The summed E-state index contributed by atoms with van der Waals surface area (Å²) < 4.78 is 10.2. The van der Waals surface area contributed by atoms with E-state index < -0.39 is 16.9 Å². The van der Waals surface area contributed by atoms with Crippen LogP contribution in [0.5, 0.6) is 0 Å². The number of nitrogens with two attached hydrogens (primary N) is 2. The summed E-state index contributed by atoms with van der Waals surface area (Å²) in [6, 6.07) is 17.7. The zero-order valence-corrected chi connectivity index (χ0v) is 23.7. The van der Waals surface area contributed by atoms with E-state index in [0.29, 0.717) is 17.3 Å². The molecule has 0 fully saturated rings. The van der Waals surface area contributed by atoms with Crippen LogP contribution in [0.3, 0.4) is 0 Å². The number of nitro groups is 1. The van der Waals surface area contributed by atoms with Gasteiger partial charge in [-0.15, -0.1) is 0 Å². The van der Waals surface area contributed by atoms with Gasteiger partial charge in [0, 0.05) is 17.7 Å². The van der Waals surface area contributed by atoms with Crippen molar-refractivity contribution in [3.8, 4) is 12.1 Å². The van der Waals surface area contributed by atoms with Gasteiger partial charge in [-0.25, -0.2) is 9.59 Å². The first-order chi connectivity index (χ1) is 19.2. The third-order valence-electron chi connectivity index (χ3n) is 4.69. The molecule has 0 atom stereocenters. The largest absolute Gasteiger partial charge is 0.462 e. The summed E-state index contributed by atoms with van der Waals surface area (Å²) in [6.07, 6.45) is 0. The highest BCUT2D eigenvalue weighted by Crippen LogP contribution is 2.44. The molecule has 0 radical (unpaired) electrons. The Balaban J connectivity index is 2.53. The van der Waals surface area contributed by atoms with Crippen molar-refractivity contribution in [3.63, 3.8) is 0 Å². The summed E-state index contributed by atoms with van der Waals surface area (Å²) >= 11 is 0.657. The van der Waals surface area contributed by atoms with Crippen LogP contribution in [0.4, 0.5) is 5.69 Å². The average Bonchev–Trinajstić information content (AvgIpc) is 2.96. The zero-order valence-electron chi connectivity index (χ0n) is 21.3. The van der Waals surface area contributed by atoms with Gasteiger partial charge in [0.2, 0.25) is 0 Å². The molecular formula is C26H23N5O6S3. The Hall–Kier alpha value is -4.37. The standard InChI is InChI=1S/C26H23N5O6S3/c1-3-36-25(32)23(21(29)16-9-6-5-7-10-16)38-19(14-27)20(15-28)39-40-24(26(33)37-4-2)22(30)17-11-8-12-18(13-17)31(34)35/h5-13H,3-4,29-30H2,1-2H3/b20-19-,23-21+,24-22+. The lowest BCUT2D eigenvalue weighted by Gasteiger charge is -2.12. The highest BCUT2D eigenvalue weighted by molar-refractivity contribution is 8.80. The molecule has 0 saturated heterocycles. The van der Waals surface area contributed by atoms with Crippen molar-refractivity contribution < 1.29 is 24.0 Å². The van der Waals surface area contributed by atoms with E-state index >= 15 is 0 Å². The third kappa shape index (κ3) is 8.57. The van der Waals surface area contributed by atoms with Gasteiger partial charge in [-0.2, -0.15) is 10.5 Å². The van der Waals surface area contributed by atoms with Crippen LogP contribution in [0.1, 0.15) is 25.0 Å². The van der Waals surface area contributed by atoms with E-state index in [0.717, 1.165) is 21.6 Å². The van der Waals surface area contributed by atoms with Gasteiger partial charge in [-0.1, -0.05) is 54.2 Å². The number of hydrogen-bond acceptors (Lipinski definition) is 13. The molecule has 0 saturated carbocycles. The van der Waals surface area contributed by atoms with Gasteiger partial charge in [0.1, 0.15) is 31.8 Å². The van der Waals surface area contributed by atoms with Crippen LogP contribution in [0.15, 0.2) is 74.2 Å². The van der Waals surface area contributed by atoms with Gasteiger partial charge in [0.25, 0.3) is 5.69 Å². The fourth-order valence-corrected chi connectivity index (χ4v) is 6.03. The highest BCUT2D eigenvalue weighted by Gasteiger charge is 2.24. The quantitative estimate of drug-likeness (QED) is 0.0824. The maximum Gasteiger partial charge on any atom is 0.347 e. The van der Waals surface area contributed by atoms with E-state index in [1.54, 1.807) is 44.2 Å². The molecular weight excluding hydrogens is 575 g/mol. The van der Waals surface area contributed by atoms with Crippen molar-refractivity contribution in [2.75, 3.05) is 13.2 Å². The SMILES string of the molecule is CCOC(=O)/C(SS/C(C#N)=C(/C#N)S/C(C(=O)OCC)=C(/N)c1ccccc1)=C(\N)c1cccc([N+](=O)[O-])c1. The average molecular weight is 598 g/mol. The zero-order chi connectivity index (χ0) is 29.7. The van der Waals surface area contributed by atoms with Gasteiger partial charge in [0.15, 0.2) is 0 Å². The number of allylic oxidation sites excluding steroid dienone is 2. The number of thioether (sulfide) groups is 1. The van der Waals surface area contributed by atoms with Gasteiger partial charge >= 0.3 is 11.9 Å². The molecule has 0 unspecified atom stereocenters. The maximum absolute atomic E-state index is 12.7. The summed E-state index contributed by atoms with van der Waals surface area (Å²) in [5.74, 6) is -1.61. The summed E-state index contributed by atoms with van der Waals surface area (Å²) in [5.41, 5.74) is 12.8. The van der Waals surface area contributed by atoms with Crippen molar-refractivity contribution in [2.24, 2.45) is 11.5 Å². The van der Waals surface area contributed by atoms with E-state index in [9.17, 15) is 30.2 Å². The predicted molar refractivity (Wildman–Crippen MR) is 156 cm³/mol. The molecule has 0 aliphatic heterocycles. The summed E-state index contributed by atoms with van der Waals surface area (Å²) in [7, 11) is 1.46. The Morgan fingerprint density at radius 3 is 1.95 bits per heavy atom. The van der Waals surface area contributed by atoms with Crippen molar-refractivity contribution in [1.82, 2.24) is 0 Å². The number of nitriles is 2. The van der Waals surface area contributed by atoms with Crippen molar-refractivity contribution in [1.29, 1.82) is 10.5 Å². The Morgan fingerprint density at radius 1 is 0.850 bits per heavy atom. The normalized spacial score (nSPS) is 12.5. The molecule has 40 heavy (non-hydrogen) atoms. The molecule has 11 nitrogen and oxygen atoms in total. The molecule has 2 rings (SSSR count). The third-order valence-corrected chi connectivity index (χ3v) is 8.25. The minimum absolute atomic E-state index is 0.0163. The number of rotatable bonds is 12. The van der Waals surface area contributed by atoms with Crippen LogP contribution in [-0.2, 0) is 19.1 Å². The van der Waals surface area contributed by atoms with Crippen molar-refractivity contribution in [3.05, 3.63) is 95.5 Å². The number of carbonyl (C=O) groups is 2. The number of esters is 2. The van der Waals surface area contributed by atoms with Crippen molar-refractivity contribution >= 4 is 62.4 Å². The minimum Gasteiger partial charge on any atom is -0.462 e. The molecule has 0 bridgehead atoms. The maximum atomic E-state index is 12.7. The van der Waals surface area contributed by atoms with Crippen LogP contribution in [-0.4, -0.2) is 30.1 Å². The Morgan fingerprint density at radius 2 is 1.40 bits per heavy atom. The first kappa shape index (κ1) is 31.8. The van der Waals surface area contributed by atoms with E-state index in [1.165, 1.54) is 24.3 Å². The Labute approximate surface area is 242 Å². The molecule has 206 valence electrons. The first-order valence-electron chi connectivity index (χ1n) is 11.4. The summed E-state index contributed by atoms with van der Waals surface area (Å²) in [4.78, 5) is 35.4. The molecule has 0 heterocycles. The predicted octanol–water partition coefficient (Wildman–Crippen LogP) is 5.05. The Kier molecular flexibility index (Phi) is 12.7. The van der Waals surface area contributed by atoms with Crippen LogP contribution < -0.4 is 11.5 Å². The fourth-order valence-electron chi connectivity index (χ4n) is 2.87. The van der Waals surface area contributed by atoms with E-state index in [-0.39, 0.29) is 55.5 Å². The fraction of sp³-hybridized carbons (Fsp3) is 0.154. The van der Waals surface area contributed by atoms with Crippen LogP contribution in [0, 0.1) is 32.8 Å². The number of carbonyl (C=O) groups excluding carboxylic acids is 2. The number of nitro benzene ring substituents is 1. The Bertz CT molecular complexity index is 1460. The minimum atomic E-state index is -0.826. The monoisotopic (exact) mass is 597 g/mol. The molecule has 4 N–H and O–H groups in total. The lowest BCUT2D eigenvalue weighted by Crippen LogP contribution is -2.12. The molecule has 0 aliphatic carbocycles. The number of ether oxygens (including phenoxy) is 2. The van der Waals surface area contributed by atoms with Gasteiger partial charge in [0.05, 0.1) is 29.5 Å². The molecule has 0 aliphatic rings. The molecule has 0 spiro atoms. The molecule has 14 heteroatoms.